The molecule has 0 saturated carbocycles. The predicted molar refractivity (Wildman–Crippen MR) is 62.0 cm³/mol. The van der Waals surface area contributed by atoms with Crippen LogP contribution < -0.4 is 5.32 Å². The summed E-state index contributed by atoms with van der Waals surface area (Å²) in [5, 5.41) is 2.92. The molecule has 0 atom stereocenters. The second-order valence-corrected chi connectivity index (χ2v) is 4.15. The van der Waals surface area contributed by atoms with E-state index in [2.05, 4.69) is 10.2 Å². The first-order valence-corrected chi connectivity index (χ1v) is 5.95. The van der Waals surface area contributed by atoms with Gasteiger partial charge in [-0.15, -0.1) is 0 Å². The summed E-state index contributed by atoms with van der Waals surface area (Å²) >= 11 is 0. The molecular weight excluding hydrogens is 190 g/mol. The molecule has 0 aromatic carbocycles. The minimum absolute atomic E-state index is 0.0407. The Morgan fingerprint density at radius 2 is 2.07 bits per heavy atom. The highest BCUT2D eigenvalue weighted by molar-refractivity contribution is 5.73. The third-order valence-electron chi connectivity index (χ3n) is 2.95. The molecule has 1 aliphatic heterocycles. The van der Waals surface area contributed by atoms with Crippen molar-refractivity contribution in [3.8, 4) is 0 Å². The topological polar surface area (TPSA) is 35.6 Å². The number of carbonyl (C=O) groups excluding carboxylic acids is 1. The summed E-state index contributed by atoms with van der Waals surface area (Å²) in [5.74, 6) is 0. The Morgan fingerprint density at radius 1 is 1.40 bits per heavy atom. The lowest BCUT2D eigenvalue weighted by molar-refractivity contribution is 0.210. The van der Waals surface area contributed by atoms with Crippen molar-refractivity contribution in [2.24, 2.45) is 0 Å². The Kier molecular flexibility index (Phi) is 5.47. The number of nitrogens with zero attached hydrogens (tertiary/aromatic N) is 2. The molecule has 0 aromatic heterocycles. The summed E-state index contributed by atoms with van der Waals surface area (Å²) < 4.78 is 0. The van der Waals surface area contributed by atoms with Gasteiger partial charge in [-0.05, 0) is 45.8 Å². The third-order valence-corrected chi connectivity index (χ3v) is 2.95. The van der Waals surface area contributed by atoms with Gasteiger partial charge in [-0.2, -0.15) is 0 Å². The number of urea groups is 1. The van der Waals surface area contributed by atoms with Crippen molar-refractivity contribution in [2.45, 2.75) is 26.2 Å². The first kappa shape index (κ1) is 12.3. The van der Waals surface area contributed by atoms with E-state index in [1.807, 2.05) is 14.0 Å². The summed E-state index contributed by atoms with van der Waals surface area (Å²) in [6.07, 6.45) is 3.74. The van der Waals surface area contributed by atoms with Crippen LogP contribution in [0.25, 0.3) is 0 Å². The number of amides is 2. The number of hydrogen-bond donors (Lipinski definition) is 1. The zero-order chi connectivity index (χ0) is 11.1. The van der Waals surface area contributed by atoms with Gasteiger partial charge in [-0.1, -0.05) is 0 Å². The highest BCUT2D eigenvalue weighted by Gasteiger charge is 2.10. The van der Waals surface area contributed by atoms with E-state index in [1.165, 1.54) is 25.9 Å². The van der Waals surface area contributed by atoms with Crippen LogP contribution in [0.1, 0.15) is 26.2 Å². The fourth-order valence-electron chi connectivity index (χ4n) is 1.78. The molecule has 0 radical (unpaired) electrons. The minimum atomic E-state index is 0.0407. The summed E-state index contributed by atoms with van der Waals surface area (Å²) in [6, 6.07) is 0.0407. The van der Waals surface area contributed by atoms with Crippen molar-refractivity contribution in [2.75, 3.05) is 39.8 Å². The molecule has 2 amide bonds. The smallest absolute Gasteiger partial charge is 0.317 e. The van der Waals surface area contributed by atoms with E-state index in [1.54, 1.807) is 4.90 Å². The Labute approximate surface area is 92.6 Å². The number of nitrogens with one attached hydrogen (secondary N) is 1. The van der Waals surface area contributed by atoms with Crippen molar-refractivity contribution in [3.05, 3.63) is 0 Å². The van der Waals surface area contributed by atoms with Crippen molar-refractivity contribution < 1.29 is 4.79 Å². The van der Waals surface area contributed by atoms with Gasteiger partial charge in [-0.25, -0.2) is 4.79 Å². The Bertz CT molecular complexity index is 190. The Balaban J connectivity index is 1.98. The van der Waals surface area contributed by atoms with Gasteiger partial charge in [0.25, 0.3) is 0 Å². The molecule has 1 aliphatic rings. The van der Waals surface area contributed by atoms with Gasteiger partial charge in [0.15, 0.2) is 0 Å². The maximum Gasteiger partial charge on any atom is 0.317 e. The predicted octanol–water partition coefficient (Wildman–Crippen LogP) is 1.13. The average Bonchev–Trinajstić information content (AvgIpc) is 2.75. The molecule has 4 heteroatoms. The van der Waals surface area contributed by atoms with Gasteiger partial charge >= 0.3 is 6.03 Å². The Morgan fingerprint density at radius 3 is 2.67 bits per heavy atom. The van der Waals surface area contributed by atoms with Crippen LogP contribution in [-0.4, -0.2) is 55.6 Å². The molecule has 1 rings (SSSR count). The van der Waals surface area contributed by atoms with Crippen molar-refractivity contribution in [3.63, 3.8) is 0 Å². The second kappa shape index (κ2) is 6.67. The van der Waals surface area contributed by atoms with Crippen LogP contribution in [0.2, 0.25) is 0 Å². The zero-order valence-electron chi connectivity index (χ0n) is 9.96. The first-order valence-electron chi connectivity index (χ1n) is 5.95. The molecule has 88 valence electrons. The van der Waals surface area contributed by atoms with Crippen molar-refractivity contribution in [1.29, 1.82) is 0 Å². The molecule has 0 aliphatic carbocycles. The lowest BCUT2D eigenvalue weighted by Gasteiger charge is -2.17. The lowest BCUT2D eigenvalue weighted by atomic mass is 10.4. The van der Waals surface area contributed by atoms with Gasteiger partial charge in [0, 0.05) is 20.1 Å². The lowest BCUT2D eigenvalue weighted by Crippen LogP contribution is -2.38. The van der Waals surface area contributed by atoms with E-state index in [9.17, 15) is 4.79 Å². The first-order chi connectivity index (χ1) is 7.24. The van der Waals surface area contributed by atoms with Gasteiger partial charge in [-0.3, -0.25) is 0 Å². The van der Waals surface area contributed by atoms with Crippen molar-refractivity contribution in [1.82, 2.24) is 15.1 Å². The van der Waals surface area contributed by atoms with Gasteiger partial charge in [0.2, 0.25) is 0 Å². The summed E-state index contributed by atoms with van der Waals surface area (Å²) in [5.41, 5.74) is 0. The van der Waals surface area contributed by atoms with E-state index in [0.29, 0.717) is 0 Å². The van der Waals surface area contributed by atoms with Crippen LogP contribution in [0.15, 0.2) is 0 Å². The zero-order valence-corrected chi connectivity index (χ0v) is 9.96. The highest BCUT2D eigenvalue weighted by Crippen LogP contribution is 2.06. The molecule has 1 N–H and O–H groups in total. The summed E-state index contributed by atoms with van der Waals surface area (Å²) in [6.45, 7) is 7.13. The molecule has 4 nitrogen and oxygen atoms in total. The fraction of sp³-hybridized carbons (Fsp3) is 0.909. The van der Waals surface area contributed by atoms with E-state index < -0.39 is 0 Å². The second-order valence-electron chi connectivity index (χ2n) is 4.15. The van der Waals surface area contributed by atoms with Crippen LogP contribution in [0.4, 0.5) is 4.79 Å². The normalized spacial score (nSPS) is 16.7. The monoisotopic (exact) mass is 213 g/mol. The molecule has 1 heterocycles. The van der Waals surface area contributed by atoms with Crippen LogP contribution in [0.5, 0.6) is 0 Å². The Hall–Kier alpha value is -0.770. The molecule has 0 spiro atoms. The molecule has 1 fully saturated rings. The van der Waals surface area contributed by atoms with Crippen LogP contribution in [0, 0.1) is 0 Å². The molecule has 0 unspecified atom stereocenters. The van der Waals surface area contributed by atoms with Crippen LogP contribution in [-0.2, 0) is 0 Å². The van der Waals surface area contributed by atoms with E-state index in [-0.39, 0.29) is 6.03 Å². The summed E-state index contributed by atoms with van der Waals surface area (Å²) in [7, 11) is 1.82. The fourth-order valence-corrected chi connectivity index (χ4v) is 1.78. The van der Waals surface area contributed by atoms with E-state index in [4.69, 9.17) is 0 Å². The van der Waals surface area contributed by atoms with E-state index in [0.717, 1.165) is 26.1 Å². The standard InChI is InChI=1S/C11H23N3O/c1-3-13(2)11(15)12-7-6-10-14-8-4-5-9-14/h3-10H2,1-2H3,(H,12,15). The maximum absolute atomic E-state index is 11.4. The molecule has 1 saturated heterocycles. The number of likely N-dealkylation sites (tertiary alicyclic amines) is 1. The maximum atomic E-state index is 11.4. The quantitative estimate of drug-likeness (QED) is 0.695. The number of rotatable bonds is 5. The van der Waals surface area contributed by atoms with Gasteiger partial charge in [0.1, 0.15) is 0 Å². The summed E-state index contributed by atoms with van der Waals surface area (Å²) in [4.78, 5) is 15.5. The van der Waals surface area contributed by atoms with Crippen molar-refractivity contribution >= 4 is 6.03 Å². The van der Waals surface area contributed by atoms with Crippen LogP contribution >= 0.6 is 0 Å². The van der Waals surface area contributed by atoms with E-state index >= 15 is 0 Å². The molecular formula is C11H23N3O. The highest BCUT2D eigenvalue weighted by atomic mass is 16.2. The third kappa shape index (κ3) is 4.51. The van der Waals surface area contributed by atoms with Crippen LogP contribution in [0.3, 0.4) is 0 Å². The molecule has 0 bridgehead atoms. The minimum Gasteiger partial charge on any atom is -0.338 e. The van der Waals surface area contributed by atoms with Gasteiger partial charge < -0.3 is 15.1 Å². The average molecular weight is 213 g/mol. The van der Waals surface area contributed by atoms with Gasteiger partial charge in [0.05, 0.1) is 0 Å². The molecule has 15 heavy (non-hydrogen) atoms. The molecule has 0 aromatic rings. The largest absolute Gasteiger partial charge is 0.338 e. The number of carbonyl (C=O) groups is 1. The number of hydrogen-bond acceptors (Lipinski definition) is 2. The SMILES string of the molecule is CCN(C)C(=O)NCCCN1CCCC1.